The number of rotatable bonds is 7. The van der Waals surface area contributed by atoms with Gasteiger partial charge < -0.3 is 33.8 Å². The molecule has 1 amide bonds. The van der Waals surface area contributed by atoms with Crippen LogP contribution in [0.5, 0.6) is 6.01 Å². The molecule has 6 rings (SSSR count). The van der Waals surface area contributed by atoms with Crippen LogP contribution >= 0.6 is 11.6 Å². The topological polar surface area (TPSA) is 84.6 Å². The van der Waals surface area contributed by atoms with E-state index in [2.05, 4.69) is 16.3 Å². The summed E-state index contributed by atoms with van der Waals surface area (Å²) < 4.78 is 45.5. The third-order valence-corrected chi connectivity index (χ3v) is 8.51. The van der Waals surface area contributed by atoms with Crippen molar-refractivity contribution in [2.75, 3.05) is 69.0 Å². The molecule has 0 radical (unpaired) electrons. The van der Waals surface area contributed by atoms with Gasteiger partial charge in [-0.2, -0.15) is 9.97 Å². The van der Waals surface area contributed by atoms with Gasteiger partial charge in [0.25, 0.3) is 5.91 Å². The van der Waals surface area contributed by atoms with Crippen LogP contribution in [0.4, 0.5) is 20.3 Å². The molecule has 3 aliphatic rings. The molecule has 0 spiro atoms. The van der Waals surface area contributed by atoms with Crippen LogP contribution < -0.4 is 14.5 Å². The minimum Gasteiger partial charge on any atom is -0.461 e. The van der Waals surface area contributed by atoms with E-state index < -0.39 is 23.6 Å². The van der Waals surface area contributed by atoms with Gasteiger partial charge >= 0.3 is 6.01 Å². The van der Waals surface area contributed by atoms with Gasteiger partial charge in [0.1, 0.15) is 30.4 Å². The van der Waals surface area contributed by atoms with Crippen molar-refractivity contribution in [1.82, 2.24) is 14.9 Å². The molecule has 1 unspecified atom stereocenters. The number of ether oxygens (including phenoxy) is 3. The first-order valence-corrected chi connectivity index (χ1v) is 14.8. The fraction of sp³-hybridized carbons (Fsp3) is 0.419. The third kappa shape index (κ3) is 6.00. The lowest BCUT2D eigenvalue weighted by atomic mass is 10.0. The minimum absolute atomic E-state index is 0.0113. The van der Waals surface area contributed by atoms with Crippen molar-refractivity contribution in [3.05, 3.63) is 76.3 Å². The number of fused-ring (bicyclic) bond motifs is 2. The van der Waals surface area contributed by atoms with Crippen molar-refractivity contribution >= 4 is 39.8 Å². The zero-order chi connectivity index (χ0) is 30.8. The SMILES string of the molecule is [C-]#[N+]C[C@H]1CN(c2nc(OCC3COCCO3)nc3c2CCN(c2cccc4ccc(F)c(Cl)c24)C3)CCN1C(=O)C(=C)F. The van der Waals surface area contributed by atoms with Crippen LogP contribution in [0.2, 0.25) is 5.02 Å². The monoisotopic (exact) mass is 624 g/mol. The minimum atomic E-state index is -1.05. The zero-order valence-electron chi connectivity index (χ0n) is 24.0. The summed E-state index contributed by atoms with van der Waals surface area (Å²) in [6, 6.07) is 8.42. The van der Waals surface area contributed by atoms with E-state index in [1.165, 1.54) is 11.0 Å². The smallest absolute Gasteiger partial charge is 0.318 e. The summed E-state index contributed by atoms with van der Waals surface area (Å²) in [5.41, 5.74) is 2.45. The molecule has 1 aromatic heterocycles. The number of hydrogen-bond donors (Lipinski definition) is 0. The van der Waals surface area contributed by atoms with E-state index >= 15 is 0 Å². The summed E-state index contributed by atoms with van der Waals surface area (Å²) in [5, 5.41) is 1.53. The van der Waals surface area contributed by atoms with Gasteiger partial charge in [-0.15, -0.1) is 0 Å². The molecular formula is C31H31ClF2N6O4. The number of carbonyl (C=O) groups is 1. The number of amides is 1. The number of carbonyl (C=O) groups excluding carboxylic acids is 1. The lowest BCUT2D eigenvalue weighted by Crippen LogP contribution is -2.57. The molecule has 230 valence electrons. The van der Waals surface area contributed by atoms with E-state index in [9.17, 15) is 13.6 Å². The van der Waals surface area contributed by atoms with Crippen LogP contribution in [0.1, 0.15) is 11.3 Å². The van der Waals surface area contributed by atoms with Crippen molar-refractivity contribution in [3.8, 4) is 6.01 Å². The Kier molecular flexibility index (Phi) is 8.79. The van der Waals surface area contributed by atoms with Crippen LogP contribution in [0, 0.1) is 12.4 Å². The lowest BCUT2D eigenvalue weighted by molar-refractivity contribution is -0.131. The number of nitrogens with zero attached hydrogens (tertiary/aromatic N) is 6. The molecule has 2 saturated heterocycles. The molecule has 44 heavy (non-hydrogen) atoms. The van der Waals surface area contributed by atoms with Gasteiger partial charge in [-0.1, -0.05) is 36.4 Å². The second-order valence-corrected chi connectivity index (χ2v) is 11.3. The van der Waals surface area contributed by atoms with E-state index in [0.29, 0.717) is 57.1 Å². The molecule has 10 nitrogen and oxygen atoms in total. The highest BCUT2D eigenvalue weighted by Gasteiger charge is 2.36. The normalized spacial score (nSPS) is 20.3. The van der Waals surface area contributed by atoms with E-state index in [-0.39, 0.29) is 43.4 Å². The number of hydrogen-bond acceptors (Lipinski definition) is 8. The van der Waals surface area contributed by atoms with Crippen LogP contribution in [0.3, 0.4) is 0 Å². The van der Waals surface area contributed by atoms with E-state index in [1.807, 2.05) is 23.1 Å². The third-order valence-electron chi connectivity index (χ3n) is 8.14. The Bertz CT molecular complexity index is 1630. The van der Waals surface area contributed by atoms with Crippen molar-refractivity contribution < 1.29 is 27.8 Å². The molecule has 4 heterocycles. The number of anilines is 2. The maximum absolute atomic E-state index is 14.5. The Hall–Kier alpha value is -4.05. The Morgan fingerprint density at radius 3 is 2.82 bits per heavy atom. The predicted octanol–water partition coefficient (Wildman–Crippen LogP) is 4.20. The fourth-order valence-corrected chi connectivity index (χ4v) is 6.28. The van der Waals surface area contributed by atoms with Crippen molar-refractivity contribution in [3.63, 3.8) is 0 Å². The van der Waals surface area contributed by atoms with Gasteiger partial charge in [0.2, 0.25) is 6.54 Å². The highest BCUT2D eigenvalue weighted by atomic mass is 35.5. The van der Waals surface area contributed by atoms with E-state index in [1.54, 1.807) is 6.07 Å². The Labute approximate surface area is 258 Å². The molecule has 3 aromatic rings. The second-order valence-electron chi connectivity index (χ2n) is 10.9. The molecule has 0 aliphatic carbocycles. The molecule has 0 bridgehead atoms. The number of halogens is 3. The maximum atomic E-state index is 14.5. The number of aromatic nitrogens is 2. The Morgan fingerprint density at radius 2 is 2.05 bits per heavy atom. The van der Waals surface area contributed by atoms with Crippen LogP contribution in [-0.4, -0.2) is 92.1 Å². The molecule has 13 heteroatoms. The summed E-state index contributed by atoms with van der Waals surface area (Å²) in [5.74, 6) is -1.69. The number of piperazine rings is 1. The Balaban J connectivity index is 1.34. The standard InChI is InChI=1S/C31H31ClF2N6O4/c1-19(33)30(41)40-11-10-39(15-21(40)14-35-2)29-23-8-9-38(26-5-3-4-20-6-7-24(34)28(32)27(20)26)16-25(23)36-31(37-29)44-18-22-17-42-12-13-43-22/h3-7,21-22H,1,8-18H2/t21-,22?/m0/s1. The van der Waals surface area contributed by atoms with Gasteiger partial charge in [0.05, 0.1) is 37.1 Å². The number of benzene rings is 2. The predicted molar refractivity (Wildman–Crippen MR) is 161 cm³/mol. The fourth-order valence-electron chi connectivity index (χ4n) is 6.01. The quantitative estimate of drug-likeness (QED) is 0.286. The second kappa shape index (κ2) is 12.9. The average Bonchev–Trinajstić information content (AvgIpc) is 3.05. The van der Waals surface area contributed by atoms with E-state index in [4.69, 9.17) is 42.4 Å². The summed E-state index contributed by atoms with van der Waals surface area (Å²) >= 11 is 6.46. The molecule has 0 N–H and O–H groups in total. The van der Waals surface area contributed by atoms with Gasteiger partial charge in [0, 0.05) is 42.8 Å². The van der Waals surface area contributed by atoms with Gasteiger partial charge in [-0.3, -0.25) is 4.79 Å². The molecule has 2 atom stereocenters. The molecule has 2 aromatic carbocycles. The molecular weight excluding hydrogens is 594 g/mol. The lowest BCUT2D eigenvalue weighted by Gasteiger charge is -2.41. The van der Waals surface area contributed by atoms with Crippen LogP contribution in [0.25, 0.3) is 15.6 Å². The van der Waals surface area contributed by atoms with Gasteiger partial charge in [0.15, 0.2) is 5.83 Å². The molecule has 0 saturated carbocycles. The average molecular weight is 625 g/mol. The first kappa shape index (κ1) is 30.0. The van der Waals surface area contributed by atoms with Crippen LogP contribution in [0.15, 0.2) is 42.7 Å². The van der Waals surface area contributed by atoms with Crippen molar-refractivity contribution in [2.24, 2.45) is 0 Å². The first-order chi connectivity index (χ1) is 21.3. The van der Waals surface area contributed by atoms with Gasteiger partial charge in [-0.25, -0.2) is 15.4 Å². The summed E-state index contributed by atoms with van der Waals surface area (Å²) in [7, 11) is 0. The molecule has 3 aliphatic heterocycles. The Morgan fingerprint density at radius 1 is 1.18 bits per heavy atom. The summed E-state index contributed by atoms with van der Waals surface area (Å²) in [6.45, 7) is 14.0. The molecule has 2 fully saturated rings. The van der Waals surface area contributed by atoms with Crippen LogP contribution in [-0.2, 0) is 27.2 Å². The van der Waals surface area contributed by atoms with E-state index in [0.717, 1.165) is 22.3 Å². The largest absolute Gasteiger partial charge is 0.461 e. The zero-order valence-corrected chi connectivity index (χ0v) is 24.7. The highest BCUT2D eigenvalue weighted by molar-refractivity contribution is 6.36. The first-order valence-electron chi connectivity index (χ1n) is 14.4. The van der Waals surface area contributed by atoms with Gasteiger partial charge in [-0.05, 0) is 23.9 Å². The maximum Gasteiger partial charge on any atom is 0.318 e. The summed E-state index contributed by atoms with van der Waals surface area (Å²) in [6.07, 6.45) is 0.310. The summed E-state index contributed by atoms with van der Waals surface area (Å²) in [4.78, 5) is 31.1. The highest BCUT2D eigenvalue weighted by Crippen LogP contribution is 2.38. The van der Waals surface area contributed by atoms with Crippen molar-refractivity contribution in [1.29, 1.82) is 0 Å². The van der Waals surface area contributed by atoms with Crippen molar-refractivity contribution in [2.45, 2.75) is 25.1 Å².